The van der Waals surface area contributed by atoms with Crippen molar-refractivity contribution >= 4 is 17.9 Å². The quantitative estimate of drug-likeness (QED) is 0.352. The first kappa shape index (κ1) is 26.1. The van der Waals surface area contributed by atoms with Crippen LogP contribution in [0.15, 0.2) is 96.8 Å². The standard InChI is InChI=1S/C32H32N4O3/c1-22-14-16-26(17-15-22)31(37)33-29(32(38)35-19-23(2)39-24(3)20-35)18-27-21-36(28-12-8-5-9-13-28)34-30(27)25-10-6-4-7-11-25/h4-18,21,23-24H,19-20H2,1-3H3,(H,33,37)/b29-18-. The number of nitrogens with one attached hydrogen (secondary N) is 1. The van der Waals surface area contributed by atoms with Crippen LogP contribution in [0.3, 0.4) is 0 Å². The number of amides is 2. The van der Waals surface area contributed by atoms with Gasteiger partial charge in [-0.2, -0.15) is 5.10 Å². The number of hydrogen-bond donors (Lipinski definition) is 1. The average Bonchev–Trinajstić information content (AvgIpc) is 3.37. The molecule has 7 nitrogen and oxygen atoms in total. The van der Waals surface area contributed by atoms with E-state index in [1.54, 1.807) is 27.8 Å². The van der Waals surface area contributed by atoms with E-state index in [-0.39, 0.29) is 29.7 Å². The summed E-state index contributed by atoms with van der Waals surface area (Å²) < 4.78 is 7.63. The molecule has 1 fully saturated rings. The zero-order valence-corrected chi connectivity index (χ0v) is 22.4. The predicted octanol–water partition coefficient (Wildman–Crippen LogP) is 5.25. The van der Waals surface area contributed by atoms with E-state index in [0.29, 0.717) is 29.9 Å². The van der Waals surface area contributed by atoms with Gasteiger partial charge in [-0.3, -0.25) is 9.59 Å². The van der Waals surface area contributed by atoms with Gasteiger partial charge in [-0.1, -0.05) is 66.2 Å². The molecule has 4 aromatic rings. The lowest BCUT2D eigenvalue weighted by atomic mass is 10.1. The first-order valence-electron chi connectivity index (χ1n) is 13.1. The summed E-state index contributed by atoms with van der Waals surface area (Å²) in [7, 11) is 0. The van der Waals surface area contributed by atoms with Gasteiger partial charge in [-0.05, 0) is 51.1 Å². The van der Waals surface area contributed by atoms with Gasteiger partial charge < -0.3 is 15.0 Å². The predicted molar refractivity (Wildman–Crippen MR) is 152 cm³/mol. The molecule has 0 spiro atoms. The second-order valence-electron chi connectivity index (χ2n) is 9.92. The van der Waals surface area contributed by atoms with E-state index in [1.165, 1.54) is 0 Å². The third-order valence-electron chi connectivity index (χ3n) is 6.61. The molecule has 3 aromatic carbocycles. The topological polar surface area (TPSA) is 76.5 Å². The van der Waals surface area contributed by atoms with Crippen molar-refractivity contribution in [1.82, 2.24) is 20.0 Å². The summed E-state index contributed by atoms with van der Waals surface area (Å²) in [4.78, 5) is 28.9. The van der Waals surface area contributed by atoms with Crippen molar-refractivity contribution in [1.29, 1.82) is 0 Å². The normalized spacial score (nSPS) is 17.6. The number of aromatic nitrogens is 2. The van der Waals surface area contributed by atoms with Crippen LogP contribution in [0.5, 0.6) is 0 Å². The van der Waals surface area contributed by atoms with E-state index in [4.69, 9.17) is 9.84 Å². The van der Waals surface area contributed by atoms with Gasteiger partial charge >= 0.3 is 0 Å². The molecule has 0 aliphatic carbocycles. The van der Waals surface area contributed by atoms with Gasteiger partial charge in [0.15, 0.2) is 0 Å². The van der Waals surface area contributed by atoms with Crippen LogP contribution in [0.2, 0.25) is 0 Å². The number of para-hydroxylation sites is 1. The van der Waals surface area contributed by atoms with Gasteiger partial charge in [0.05, 0.1) is 17.9 Å². The van der Waals surface area contributed by atoms with Gasteiger partial charge in [0.2, 0.25) is 0 Å². The van der Waals surface area contributed by atoms with Crippen molar-refractivity contribution in [3.05, 3.63) is 114 Å². The van der Waals surface area contributed by atoms with Crippen LogP contribution in [0, 0.1) is 6.92 Å². The van der Waals surface area contributed by atoms with Crippen molar-refractivity contribution in [2.45, 2.75) is 33.0 Å². The summed E-state index contributed by atoms with van der Waals surface area (Å²) in [5.41, 5.74) is 4.93. The SMILES string of the molecule is Cc1ccc(C(=O)N/C(=C\c2cn(-c3ccccc3)nc2-c2ccccc2)C(=O)N2CC(C)OC(C)C2)cc1. The van der Waals surface area contributed by atoms with Crippen LogP contribution in [-0.2, 0) is 9.53 Å². The Labute approximate surface area is 228 Å². The maximum atomic E-state index is 13.9. The Morgan fingerprint density at radius 3 is 2.15 bits per heavy atom. The second-order valence-corrected chi connectivity index (χ2v) is 9.92. The molecule has 1 aromatic heterocycles. The smallest absolute Gasteiger partial charge is 0.270 e. The zero-order chi connectivity index (χ0) is 27.4. The third-order valence-corrected chi connectivity index (χ3v) is 6.61. The van der Waals surface area contributed by atoms with E-state index < -0.39 is 0 Å². The summed E-state index contributed by atoms with van der Waals surface area (Å²) in [6.07, 6.45) is 3.40. The van der Waals surface area contributed by atoms with Gasteiger partial charge in [-0.25, -0.2) is 4.68 Å². The van der Waals surface area contributed by atoms with Crippen molar-refractivity contribution in [3.8, 4) is 16.9 Å². The fourth-order valence-electron chi connectivity index (χ4n) is 4.75. The monoisotopic (exact) mass is 520 g/mol. The molecular weight excluding hydrogens is 488 g/mol. The van der Waals surface area contributed by atoms with Crippen molar-refractivity contribution < 1.29 is 14.3 Å². The summed E-state index contributed by atoms with van der Waals surface area (Å²) in [5, 5.41) is 7.77. The number of nitrogens with zero attached hydrogens (tertiary/aromatic N) is 3. The maximum Gasteiger partial charge on any atom is 0.270 e. The highest BCUT2D eigenvalue weighted by Crippen LogP contribution is 2.26. The highest BCUT2D eigenvalue weighted by Gasteiger charge is 2.29. The van der Waals surface area contributed by atoms with Gasteiger partial charge in [0.25, 0.3) is 11.8 Å². The van der Waals surface area contributed by atoms with Crippen LogP contribution in [0.25, 0.3) is 23.0 Å². The molecule has 1 aliphatic heterocycles. The molecule has 198 valence electrons. The number of aryl methyl sites for hydroxylation is 1. The van der Waals surface area contributed by atoms with Crippen molar-refractivity contribution in [2.75, 3.05) is 13.1 Å². The fourth-order valence-corrected chi connectivity index (χ4v) is 4.75. The minimum atomic E-state index is -0.347. The highest BCUT2D eigenvalue weighted by molar-refractivity contribution is 6.05. The Morgan fingerprint density at radius 1 is 0.897 bits per heavy atom. The number of benzene rings is 3. The molecule has 0 radical (unpaired) electrons. The van der Waals surface area contributed by atoms with Gasteiger partial charge in [0, 0.05) is 36.0 Å². The molecule has 5 rings (SSSR count). The number of rotatable bonds is 6. The molecule has 2 unspecified atom stereocenters. The summed E-state index contributed by atoms with van der Waals surface area (Å²) in [6, 6.07) is 26.9. The van der Waals surface area contributed by atoms with E-state index in [2.05, 4.69) is 5.32 Å². The Hall–Kier alpha value is -4.49. The lowest BCUT2D eigenvalue weighted by Crippen LogP contribution is -2.50. The summed E-state index contributed by atoms with van der Waals surface area (Å²) in [5.74, 6) is -0.607. The second kappa shape index (κ2) is 11.5. The van der Waals surface area contributed by atoms with Crippen molar-refractivity contribution in [2.24, 2.45) is 0 Å². The molecule has 39 heavy (non-hydrogen) atoms. The molecule has 1 N–H and O–H groups in total. The summed E-state index contributed by atoms with van der Waals surface area (Å²) in [6.45, 7) is 6.74. The average molecular weight is 521 g/mol. The Balaban J connectivity index is 1.59. The third kappa shape index (κ3) is 6.16. The van der Waals surface area contributed by atoms with E-state index in [0.717, 1.165) is 16.8 Å². The maximum absolute atomic E-state index is 13.9. The number of carbonyl (C=O) groups is 2. The highest BCUT2D eigenvalue weighted by atomic mass is 16.5. The van der Waals surface area contributed by atoms with Crippen molar-refractivity contribution in [3.63, 3.8) is 0 Å². The molecule has 2 amide bonds. The molecule has 7 heteroatoms. The lowest BCUT2D eigenvalue weighted by Gasteiger charge is -2.35. The molecule has 2 atom stereocenters. The van der Waals surface area contributed by atoms with Crippen LogP contribution >= 0.6 is 0 Å². The van der Waals surface area contributed by atoms with Crippen LogP contribution < -0.4 is 5.32 Å². The first-order valence-corrected chi connectivity index (χ1v) is 13.1. The van der Waals surface area contributed by atoms with E-state index >= 15 is 0 Å². The summed E-state index contributed by atoms with van der Waals surface area (Å²) >= 11 is 0. The zero-order valence-electron chi connectivity index (χ0n) is 22.4. The van der Waals surface area contributed by atoms with Crippen LogP contribution in [-0.4, -0.2) is 51.8 Å². The lowest BCUT2D eigenvalue weighted by molar-refractivity contribution is -0.139. The largest absolute Gasteiger partial charge is 0.372 e. The first-order chi connectivity index (χ1) is 18.9. The number of ether oxygens (including phenoxy) is 1. The van der Waals surface area contributed by atoms with Crippen LogP contribution in [0.4, 0.5) is 0 Å². The Bertz CT molecular complexity index is 1470. The molecule has 1 saturated heterocycles. The fraction of sp³-hybridized carbons (Fsp3) is 0.219. The van der Waals surface area contributed by atoms with E-state index in [9.17, 15) is 9.59 Å². The minimum absolute atomic E-state index is 0.104. The Kier molecular flexibility index (Phi) is 7.70. The molecule has 2 heterocycles. The van der Waals surface area contributed by atoms with Gasteiger partial charge in [-0.15, -0.1) is 0 Å². The Morgan fingerprint density at radius 2 is 1.51 bits per heavy atom. The number of hydrogen-bond acceptors (Lipinski definition) is 4. The molecule has 1 aliphatic rings. The molecular formula is C32H32N4O3. The minimum Gasteiger partial charge on any atom is -0.372 e. The van der Waals surface area contributed by atoms with E-state index in [1.807, 2.05) is 99.8 Å². The number of carbonyl (C=O) groups excluding carboxylic acids is 2. The van der Waals surface area contributed by atoms with Crippen LogP contribution in [0.1, 0.15) is 35.3 Å². The van der Waals surface area contributed by atoms with Gasteiger partial charge in [0.1, 0.15) is 11.4 Å². The molecule has 0 bridgehead atoms. The molecule has 0 saturated carbocycles. The number of morpholine rings is 1.